The third-order valence-corrected chi connectivity index (χ3v) is 4.58. The average Bonchev–Trinajstić information content (AvgIpc) is 2.49. The van der Waals surface area contributed by atoms with E-state index in [9.17, 15) is 9.90 Å². The van der Waals surface area contributed by atoms with E-state index in [-0.39, 0.29) is 18.1 Å². The van der Waals surface area contributed by atoms with E-state index in [0.29, 0.717) is 12.8 Å². The van der Waals surface area contributed by atoms with Crippen molar-refractivity contribution in [3.05, 3.63) is 34.9 Å². The van der Waals surface area contributed by atoms with E-state index >= 15 is 0 Å². The Labute approximate surface area is 138 Å². The van der Waals surface area contributed by atoms with Crippen molar-refractivity contribution < 1.29 is 9.90 Å². The number of piperidine rings is 1. The number of carbonyl (C=O) groups excluding carboxylic acids is 1. The van der Waals surface area contributed by atoms with Gasteiger partial charge in [-0.2, -0.15) is 0 Å². The summed E-state index contributed by atoms with van der Waals surface area (Å²) in [4.78, 5) is 14.5. The van der Waals surface area contributed by atoms with Crippen molar-refractivity contribution in [1.29, 1.82) is 0 Å². The molecular formula is C18H26ClNO2. The Kier molecular flexibility index (Phi) is 6.71. The highest BCUT2D eigenvalue weighted by Crippen LogP contribution is 2.22. The third-order valence-electron chi connectivity index (χ3n) is 4.33. The van der Waals surface area contributed by atoms with Crippen molar-refractivity contribution in [2.24, 2.45) is 0 Å². The third kappa shape index (κ3) is 5.29. The number of likely N-dealkylation sites (tertiary alicyclic amines) is 1. The summed E-state index contributed by atoms with van der Waals surface area (Å²) in [5.74, 6) is 0.235. The van der Waals surface area contributed by atoms with Crippen molar-refractivity contribution >= 4 is 17.5 Å². The Balaban J connectivity index is 1.80. The number of aliphatic hydroxyl groups is 1. The molecule has 1 saturated heterocycles. The number of rotatable bonds is 6. The van der Waals surface area contributed by atoms with E-state index in [1.807, 2.05) is 29.2 Å². The summed E-state index contributed by atoms with van der Waals surface area (Å²) >= 11 is 5.87. The van der Waals surface area contributed by atoms with Crippen LogP contribution in [0.2, 0.25) is 5.02 Å². The summed E-state index contributed by atoms with van der Waals surface area (Å²) < 4.78 is 0. The van der Waals surface area contributed by atoms with E-state index in [0.717, 1.165) is 43.7 Å². The second kappa shape index (κ2) is 8.54. The molecule has 4 heteroatoms. The molecule has 0 bridgehead atoms. The molecule has 2 rings (SSSR count). The first-order valence-electron chi connectivity index (χ1n) is 8.28. The highest BCUT2D eigenvalue weighted by atomic mass is 35.5. The first-order valence-corrected chi connectivity index (χ1v) is 8.66. The lowest BCUT2D eigenvalue weighted by molar-refractivity contribution is -0.135. The van der Waals surface area contributed by atoms with Crippen molar-refractivity contribution in [3.63, 3.8) is 0 Å². The van der Waals surface area contributed by atoms with Gasteiger partial charge in [-0.1, -0.05) is 23.7 Å². The molecule has 1 aromatic carbocycles. The van der Waals surface area contributed by atoms with E-state index < -0.39 is 0 Å². The number of aliphatic hydroxyl groups excluding tert-OH is 1. The number of aryl methyl sites for hydroxylation is 1. The van der Waals surface area contributed by atoms with Crippen LogP contribution in [-0.2, 0) is 11.2 Å². The fourth-order valence-electron chi connectivity index (χ4n) is 3.21. The minimum Gasteiger partial charge on any atom is -0.393 e. The maximum absolute atomic E-state index is 12.5. The maximum Gasteiger partial charge on any atom is 0.222 e. The molecule has 0 aromatic heterocycles. The van der Waals surface area contributed by atoms with E-state index in [4.69, 9.17) is 11.6 Å². The van der Waals surface area contributed by atoms with Crippen LogP contribution in [0.5, 0.6) is 0 Å². The molecule has 1 fully saturated rings. The van der Waals surface area contributed by atoms with Gasteiger partial charge < -0.3 is 10.0 Å². The molecule has 1 heterocycles. The highest BCUT2D eigenvalue weighted by molar-refractivity contribution is 6.30. The smallest absolute Gasteiger partial charge is 0.222 e. The molecule has 0 spiro atoms. The summed E-state index contributed by atoms with van der Waals surface area (Å²) in [5.41, 5.74) is 1.22. The molecule has 22 heavy (non-hydrogen) atoms. The summed E-state index contributed by atoms with van der Waals surface area (Å²) in [6.07, 6.45) is 5.96. The predicted octanol–water partition coefficient (Wildman–Crippen LogP) is 3.81. The molecule has 3 nitrogen and oxygen atoms in total. The second-order valence-corrected chi connectivity index (χ2v) is 6.74. The summed E-state index contributed by atoms with van der Waals surface area (Å²) in [6.45, 7) is 2.65. The summed E-state index contributed by atoms with van der Waals surface area (Å²) in [5, 5.41) is 10.3. The lowest BCUT2D eigenvalue weighted by Crippen LogP contribution is -2.44. The average molecular weight is 324 g/mol. The van der Waals surface area contributed by atoms with Gasteiger partial charge in [-0.05, 0) is 63.1 Å². The molecule has 1 aliphatic heterocycles. The highest BCUT2D eigenvalue weighted by Gasteiger charge is 2.26. The van der Waals surface area contributed by atoms with E-state index in [2.05, 4.69) is 0 Å². The molecular weight excluding hydrogens is 298 g/mol. The normalized spacial score (nSPS) is 20.0. The number of halogens is 1. The SMILES string of the molecule is CC(O)CC1CCCCN1C(=O)CCCc1ccc(Cl)cc1. The number of amides is 1. The summed E-state index contributed by atoms with van der Waals surface area (Å²) in [6, 6.07) is 8.04. The van der Waals surface area contributed by atoms with Crippen LogP contribution < -0.4 is 0 Å². The molecule has 0 radical (unpaired) electrons. The van der Waals surface area contributed by atoms with Gasteiger partial charge in [0.2, 0.25) is 5.91 Å². The van der Waals surface area contributed by atoms with Crippen LogP contribution in [0.3, 0.4) is 0 Å². The monoisotopic (exact) mass is 323 g/mol. The first-order chi connectivity index (χ1) is 10.6. The molecule has 1 aliphatic rings. The zero-order valence-electron chi connectivity index (χ0n) is 13.3. The fraction of sp³-hybridized carbons (Fsp3) is 0.611. The van der Waals surface area contributed by atoms with Gasteiger partial charge in [0, 0.05) is 24.0 Å². The van der Waals surface area contributed by atoms with Crippen molar-refractivity contribution in [3.8, 4) is 0 Å². The van der Waals surface area contributed by atoms with Crippen LogP contribution in [0.25, 0.3) is 0 Å². The topological polar surface area (TPSA) is 40.5 Å². The van der Waals surface area contributed by atoms with Gasteiger partial charge in [0.25, 0.3) is 0 Å². The number of hydrogen-bond donors (Lipinski definition) is 1. The molecule has 0 aliphatic carbocycles. The lowest BCUT2D eigenvalue weighted by Gasteiger charge is -2.36. The van der Waals surface area contributed by atoms with Gasteiger partial charge in [0.1, 0.15) is 0 Å². The maximum atomic E-state index is 12.5. The zero-order valence-corrected chi connectivity index (χ0v) is 14.1. The number of benzene rings is 1. The minimum absolute atomic E-state index is 0.219. The molecule has 1 aromatic rings. The largest absolute Gasteiger partial charge is 0.393 e. The molecule has 1 amide bonds. The quantitative estimate of drug-likeness (QED) is 0.864. The van der Waals surface area contributed by atoms with Crippen LogP contribution in [0.4, 0.5) is 0 Å². The Hall–Kier alpha value is -1.06. The van der Waals surface area contributed by atoms with Gasteiger partial charge in [0.15, 0.2) is 0 Å². The van der Waals surface area contributed by atoms with Gasteiger partial charge >= 0.3 is 0 Å². The Morgan fingerprint density at radius 1 is 1.36 bits per heavy atom. The Bertz CT molecular complexity index is 472. The Morgan fingerprint density at radius 2 is 2.09 bits per heavy atom. The predicted molar refractivity (Wildman–Crippen MR) is 90.0 cm³/mol. The standard InChI is InChI=1S/C18H26ClNO2/c1-14(21)13-17-6-2-3-12-20(17)18(22)7-4-5-15-8-10-16(19)11-9-15/h8-11,14,17,21H,2-7,12-13H2,1H3. The van der Waals surface area contributed by atoms with Crippen molar-refractivity contribution in [2.45, 2.75) is 64.0 Å². The van der Waals surface area contributed by atoms with E-state index in [1.54, 1.807) is 6.92 Å². The first kappa shape index (κ1) is 17.3. The van der Waals surface area contributed by atoms with Crippen LogP contribution in [-0.4, -0.2) is 34.6 Å². The molecule has 122 valence electrons. The van der Waals surface area contributed by atoms with Gasteiger partial charge in [0.05, 0.1) is 6.10 Å². The molecule has 2 unspecified atom stereocenters. The van der Waals surface area contributed by atoms with Gasteiger partial charge in [-0.3, -0.25) is 4.79 Å². The fourth-order valence-corrected chi connectivity index (χ4v) is 3.33. The van der Waals surface area contributed by atoms with Crippen LogP contribution >= 0.6 is 11.6 Å². The van der Waals surface area contributed by atoms with Gasteiger partial charge in [-0.15, -0.1) is 0 Å². The van der Waals surface area contributed by atoms with Gasteiger partial charge in [-0.25, -0.2) is 0 Å². The zero-order chi connectivity index (χ0) is 15.9. The van der Waals surface area contributed by atoms with Crippen LogP contribution in [0.15, 0.2) is 24.3 Å². The Morgan fingerprint density at radius 3 is 2.77 bits per heavy atom. The lowest BCUT2D eigenvalue weighted by atomic mass is 9.96. The molecule has 1 N–H and O–H groups in total. The van der Waals surface area contributed by atoms with Crippen molar-refractivity contribution in [2.75, 3.05) is 6.54 Å². The number of hydrogen-bond acceptors (Lipinski definition) is 2. The van der Waals surface area contributed by atoms with Crippen molar-refractivity contribution in [1.82, 2.24) is 4.90 Å². The van der Waals surface area contributed by atoms with E-state index in [1.165, 1.54) is 5.56 Å². The second-order valence-electron chi connectivity index (χ2n) is 6.30. The number of carbonyl (C=O) groups is 1. The molecule has 0 saturated carbocycles. The summed E-state index contributed by atoms with van der Waals surface area (Å²) in [7, 11) is 0. The minimum atomic E-state index is -0.340. The van der Waals surface area contributed by atoms with Crippen LogP contribution in [0, 0.1) is 0 Å². The molecule has 2 atom stereocenters. The number of nitrogens with zero attached hydrogens (tertiary/aromatic N) is 1. The van der Waals surface area contributed by atoms with Crippen LogP contribution in [0.1, 0.15) is 51.0 Å².